The maximum absolute atomic E-state index is 10.9. The summed E-state index contributed by atoms with van der Waals surface area (Å²) in [5.74, 6) is -0.208. The number of hydrogen-bond donors (Lipinski definition) is 0. The molecule has 0 amide bonds. The van der Waals surface area contributed by atoms with E-state index in [0.717, 1.165) is 11.1 Å². The maximum Gasteiger partial charge on any atom is 0.309 e. The third kappa shape index (κ3) is 3.05. The van der Waals surface area contributed by atoms with Gasteiger partial charge in [0.05, 0.1) is 13.5 Å². The molecule has 0 aliphatic rings. The van der Waals surface area contributed by atoms with Crippen LogP contribution in [0.2, 0.25) is 0 Å². The Balaban J connectivity index is 2.66. The van der Waals surface area contributed by atoms with Crippen molar-refractivity contribution in [2.45, 2.75) is 13.3 Å². The molecule has 0 aromatic heterocycles. The van der Waals surface area contributed by atoms with Crippen LogP contribution in [0, 0.1) is 0 Å². The van der Waals surface area contributed by atoms with Gasteiger partial charge in [-0.15, -0.1) is 0 Å². The number of methoxy groups -OCH3 is 1. The van der Waals surface area contributed by atoms with Gasteiger partial charge in [-0.05, 0) is 18.1 Å². The van der Waals surface area contributed by atoms with Gasteiger partial charge in [-0.1, -0.05) is 36.4 Å². The normalized spacial score (nSPS) is 11.1. The molecule has 0 saturated carbocycles. The predicted octanol–water partition coefficient (Wildman–Crippen LogP) is 2.65. The lowest BCUT2D eigenvalue weighted by Crippen LogP contribution is -1.97. The fourth-order valence-electron chi connectivity index (χ4n) is 1.14. The Hall–Kier alpha value is -1.57. The molecule has 0 fully saturated rings. The SMILES string of the molecule is COC(=O)C/C=C(\C)c1ccccc1. The molecule has 0 N–H and O–H groups in total. The highest BCUT2D eigenvalue weighted by Gasteiger charge is 1.98. The first-order valence-corrected chi connectivity index (χ1v) is 4.53. The van der Waals surface area contributed by atoms with E-state index in [9.17, 15) is 4.79 Å². The molecule has 0 radical (unpaired) electrons. The molecule has 74 valence electrons. The summed E-state index contributed by atoms with van der Waals surface area (Å²) in [5, 5.41) is 0. The highest BCUT2D eigenvalue weighted by molar-refractivity contribution is 5.75. The first-order chi connectivity index (χ1) is 6.74. The molecule has 1 aromatic rings. The summed E-state index contributed by atoms with van der Waals surface area (Å²) >= 11 is 0. The van der Waals surface area contributed by atoms with E-state index in [2.05, 4.69) is 4.74 Å². The first kappa shape index (κ1) is 10.5. The van der Waals surface area contributed by atoms with Gasteiger partial charge < -0.3 is 4.74 Å². The first-order valence-electron chi connectivity index (χ1n) is 4.53. The van der Waals surface area contributed by atoms with Crippen LogP contribution in [0.5, 0.6) is 0 Å². The number of carbonyl (C=O) groups excluding carboxylic acids is 1. The van der Waals surface area contributed by atoms with Crippen molar-refractivity contribution in [2.75, 3.05) is 7.11 Å². The number of ether oxygens (including phenoxy) is 1. The Kier molecular flexibility index (Phi) is 3.92. The van der Waals surface area contributed by atoms with Crippen LogP contribution in [0.25, 0.3) is 5.57 Å². The number of hydrogen-bond acceptors (Lipinski definition) is 2. The molecular formula is C12H14O2. The molecule has 1 aromatic carbocycles. The van der Waals surface area contributed by atoms with Gasteiger partial charge in [0, 0.05) is 0 Å². The van der Waals surface area contributed by atoms with Gasteiger partial charge >= 0.3 is 5.97 Å². The number of rotatable bonds is 3. The van der Waals surface area contributed by atoms with Crippen LogP contribution in [0.4, 0.5) is 0 Å². The molecule has 0 heterocycles. The van der Waals surface area contributed by atoms with Crippen LogP contribution in [-0.4, -0.2) is 13.1 Å². The summed E-state index contributed by atoms with van der Waals surface area (Å²) in [4.78, 5) is 10.9. The summed E-state index contributed by atoms with van der Waals surface area (Å²) < 4.78 is 4.55. The minimum absolute atomic E-state index is 0.208. The minimum Gasteiger partial charge on any atom is -0.469 e. The zero-order valence-electron chi connectivity index (χ0n) is 8.49. The van der Waals surface area contributed by atoms with E-state index in [1.807, 2.05) is 43.3 Å². The van der Waals surface area contributed by atoms with Gasteiger partial charge in [-0.25, -0.2) is 0 Å². The predicted molar refractivity (Wildman–Crippen MR) is 56.7 cm³/mol. The van der Waals surface area contributed by atoms with Crippen molar-refractivity contribution < 1.29 is 9.53 Å². The smallest absolute Gasteiger partial charge is 0.309 e. The van der Waals surface area contributed by atoms with Crippen molar-refractivity contribution in [3.63, 3.8) is 0 Å². The molecule has 0 spiro atoms. The molecule has 0 bridgehead atoms. The maximum atomic E-state index is 10.9. The Labute approximate surface area is 84.2 Å². The molecule has 0 aliphatic carbocycles. The largest absolute Gasteiger partial charge is 0.469 e. The third-order valence-electron chi connectivity index (χ3n) is 2.03. The van der Waals surface area contributed by atoms with Crippen molar-refractivity contribution in [2.24, 2.45) is 0 Å². The summed E-state index contributed by atoms with van der Waals surface area (Å²) in [6.45, 7) is 1.98. The summed E-state index contributed by atoms with van der Waals surface area (Å²) in [5.41, 5.74) is 2.23. The van der Waals surface area contributed by atoms with Gasteiger partial charge in [0.15, 0.2) is 0 Å². The van der Waals surface area contributed by atoms with Crippen molar-refractivity contribution in [1.29, 1.82) is 0 Å². The van der Waals surface area contributed by atoms with E-state index in [1.54, 1.807) is 0 Å². The topological polar surface area (TPSA) is 26.3 Å². The van der Waals surface area contributed by atoms with Crippen LogP contribution in [0.3, 0.4) is 0 Å². The Morgan fingerprint density at radius 2 is 2.00 bits per heavy atom. The second-order valence-corrected chi connectivity index (χ2v) is 3.03. The molecule has 2 nitrogen and oxygen atoms in total. The fraction of sp³-hybridized carbons (Fsp3) is 0.250. The average Bonchev–Trinajstić information content (AvgIpc) is 2.26. The lowest BCUT2D eigenvalue weighted by molar-refractivity contribution is -0.139. The van der Waals surface area contributed by atoms with Crippen molar-refractivity contribution in [1.82, 2.24) is 0 Å². The van der Waals surface area contributed by atoms with E-state index in [1.165, 1.54) is 7.11 Å². The molecule has 14 heavy (non-hydrogen) atoms. The van der Waals surface area contributed by atoms with Crippen LogP contribution < -0.4 is 0 Å². The molecule has 0 aliphatic heterocycles. The van der Waals surface area contributed by atoms with Crippen molar-refractivity contribution in [3.05, 3.63) is 42.0 Å². The van der Waals surface area contributed by atoms with Gasteiger partial charge in [-0.3, -0.25) is 4.79 Å². The van der Waals surface area contributed by atoms with Crippen molar-refractivity contribution in [3.8, 4) is 0 Å². The Morgan fingerprint density at radius 3 is 2.57 bits per heavy atom. The Bertz CT molecular complexity index is 325. The van der Waals surface area contributed by atoms with Crippen LogP contribution >= 0.6 is 0 Å². The standard InChI is InChI=1S/C12H14O2/c1-10(8-9-12(13)14-2)11-6-4-3-5-7-11/h3-8H,9H2,1-2H3/b10-8+. The van der Waals surface area contributed by atoms with E-state index >= 15 is 0 Å². The van der Waals surface area contributed by atoms with E-state index in [4.69, 9.17) is 0 Å². The second-order valence-electron chi connectivity index (χ2n) is 3.03. The summed E-state index contributed by atoms with van der Waals surface area (Å²) in [6.07, 6.45) is 2.21. The quantitative estimate of drug-likeness (QED) is 0.685. The number of benzene rings is 1. The van der Waals surface area contributed by atoms with Gasteiger partial charge in [0.25, 0.3) is 0 Å². The fourth-order valence-corrected chi connectivity index (χ4v) is 1.14. The summed E-state index contributed by atoms with van der Waals surface area (Å²) in [6, 6.07) is 9.96. The van der Waals surface area contributed by atoms with Gasteiger partial charge in [0.2, 0.25) is 0 Å². The number of carbonyl (C=O) groups is 1. The van der Waals surface area contributed by atoms with E-state index in [0.29, 0.717) is 6.42 Å². The van der Waals surface area contributed by atoms with E-state index < -0.39 is 0 Å². The molecule has 0 unspecified atom stereocenters. The van der Waals surface area contributed by atoms with Gasteiger partial charge in [-0.2, -0.15) is 0 Å². The zero-order chi connectivity index (χ0) is 10.4. The average molecular weight is 190 g/mol. The lowest BCUT2D eigenvalue weighted by Gasteiger charge is -2.00. The molecule has 0 atom stereocenters. The highest BCUT2D eigenvalue weighted by atomic mass is 16.5. The van der Waals surface area contributed by atoms with Crippen LogP contribution in [-0.2, 0) is 9.53 Å². The molecular weight excluding hydrogens is 176 g/mol. The summed E-state index contributed by atoms with van der Waals surface area (Å²) in [7, 11) is 1.40. The monoisotopic (exact) mass is 190 g/mol. The number of esters is 1. The van der Waals surface area contributed by atoms with Crippen molar-refractivity contribution >= 4 is 11.5 Å². The Morgan fingerprint density at radius 1 is 1.36 bits per heavy atom. The molecule has 1 rings (SSSR count). The van der Waals surface area contributed by atoms with Gasteiger partial charge in [0.1, 0.15) is 0 Å². The highest BCUT2D eigenvalue weighted by Crippen LogP contribution is 2.13. The number of allylic oxidation sites excluding steroid dienone is 1. The third-order valence-corrected chi connectivity index (χ3v) is 2.03. The lowest BCUT2D eigenvalue weighted by atomic mass is 10.1. The zero-order valence-corrected chi connectivity index (χ0v) is 8.49. The molecule has 2 heteroatoms. The van der Waals surface area contributed by atoms with E-state index in [-0.39, 0.29) is 5.97 Å². The van der Waals surface area contributed by atoms with Crippen LogP contribution in [0.1, 0.15) is 18.9 Å². The molecule has 0 saturated heterocycles. The van der Waals surface area contributed by atoms with Crippen LogP contribution in [0.15, 0.2) is 36.4 Å². The minimum atomic E-state index is -0.208. The second kappa shape index (κ2) is 5.22.